The Morgan fingerprint density at radius 3 is 2.70 bits per heavy atom. The second-order valence-corrected chi connectivity index (χ2v) is 5.80. The van der Waals surface area contributed by atoms with Crippen LogP contribution in [0.2, 0.25) is 5.15 Å². The molecule has 0 atom stereocenters. The van der Waals surface area contributed by atoms with Gasteiger partial charge in [-0.05, 0) is 30.5 Å². The van der Waals surface area contributed by atoms with Crippen molar-refractivity contribution in [3.8, 4) is 11.5 Å². The van der Waals surface area contributed by atoms with Gasteiger partial charge in [-0.3, -0.25) is 0 Å². The Hall–Kier alpha value is -2.35. The van der Waals surface area contributed by atoms with Crippen LogP contribution in [0.15, 0.2) is 18.2 Å². The molecule has 1 fully saturated rings. The fourth-order valence-corrected chi connectivity index (χ4v) is 2.50. The molecular formula is C14H11ClF2N6. The average Bonchev–Trinajstić information content (AvgIpc) is 3.17. The van der Waals surface area contributed by atoms with Gasteiger partial charge in [0, 0.05) is 5.92 Å². The van der Waals surface area contributed by atoms with E-state index in [2.05, 4.69) is 25.5 Å². The molecule has 0 unspecified atom stereocenters. The summed E-state index contributed by atoms with van der Waals surface area (Å²) >= 11 is 6.00. The number of aromatic amines is 1. The molecule has 2 heterocycles. The van der Waals surface area contributed by atoms with E-state index in [-0.39, 0.29) is 11.7 Å². The van der Waals surface area contributed by atoms with E-state index in [0.717, 1.165) is 25.0 Å². The Kier molecular flexibility index (Phi) is 3.33. The highest BCUT2D eigenvalue weighted by atomic mass is 35.5. The third kappa shape index (κ3) is 2.70. The van der Waals surface area contributed by atoms with Crippen LogP contribution in [-0.4, -0.2) is 30.2 Å². The molecule has 0 bridgehead atoms. The zero-order valence-electron chi connectivity index (χ0n) is 11.8. The van der Waals surface area contributed by atoms with Crippen LogP contribution in [0.4, 0.5) is 8.78 Å². The fraction of sp³-hybridized carbons (Fsp3) is 0.286. The molecule has 0 saturated heterocycles. The van der Waals surface area contributed by atoms with Gasteiger partial charge in [-0.1, -0.05) is 17.7 Å². The summed E-state index contributed by atoms with van der Waals surface area (Å²) in [5, 5.41) is 14.9. The van der Waals surface area contributed by atoms with Gasteiger partial charge in [-0.25, -0.2) is 18.4 Å². The number of benzene rings is 1. The van der Waals surface area contributed by atoms with Crippen molar-refractivity contribution in [2.45, 2.75) is 25.3 Å². The number of hydrogen-bond acceptors (Lipinski definition) is 4. The molecule has 4 rings (SSSR count). The zero-order chi connectivity index (χ0) is 16.0. The van der Waals surface area contributed by atoms with E-state index < -0.39 is 11.6 Å². The van der Waals surface area contributed by atoms with Crippen LogP contribution in [0, 0.1) is 11.6 Å². The van der Waals surface area contributed by atoms with Crippen LogP contribution in [0.25, 0.3) is 11.5 Å². The van der Waals surface area contributed by atoms with Gasteiger partial charge in [-0.2, -0.15) is 15.4 Å². The van der Waals surface area contributed by atoms with Crippen molar-refractivity contribution in [2.24, 2.45) is 0 Å². The molecule has 0 amide bonds. The summed E-state index contributed by atoms with van der Waals surface area (Å²) < 4.78 is 28.0. The van der Waals surface area contributed by atoms with Crippen molar-refractivity contribution in [3.05, 3.63) is 46.4 Å². The number of H-pyrrole nitrogens is 1. The molecule has 1 aliphatic carbocycles. The first-order chi connectivity index (χ1) is 11.1. The predicted octanol–water partition coefficient (Wildman–Crippen LogP) is 2.92. The van der Waals surface area contributed by atoms with Crippen molar-refractivity contribution in [3.63, 3.8) is 0 Å². The zero-order valence-corrected chi connectivity index (χ0v) is 12.6. The van der Waals surface area contributed by atoms with Crippen molar-refractivity contribution in [2.75, 3.05) is 0 Å². The first-order valence-corrected chi connectivity index (χ1v) is 7.45. The molecule has 118 valence electrons. The molecule has 0 aliphatic heterocycles. The maximum atomic E-state index is 13.4. The normalized spacial score (nSPS) is 14.4. The largest absolute Gasteiger partial charge is 0.240 e. The lowest BCUT2D eigenvalue weighted by atomic mass is 10.2. The summed E-state index contributed by atoms with van der Waals surface area (Å²) in [6, 6.07) is 3.74. The minimum Gasteiger partial charge on any atom is -0.240 e. The van der Waals surface area contributed by atoms with Crippen molar-refractivity contribution in [1.82, 2.24) is 30.2 Å². The van der Waals surface area contributed by atoms with E-state index in [1.165, 1.54) is 6.07 Å². The number of hydrogen-bond donors (Lipinski definition) is 1. The van der Waals surface area contributed by atoms with Gasteiger partial charge in [0.1, 0.15) is 0 Å². The molecule has 9 heteroatoms. The number of nitrogens with zero attached hydrogens (tertiary/aromatic N) is 5. The lowest BCUT2D eigenvalue weighted by molar-refractivity contribution is 0.506. The van der Waals surface area contributed by atoms with Crippen molar-refractivity contribution in [1.29, 1.82) is 0 Å². The minimum absolute atomic E-state index is 0.186. The lowest BCUT2D eigenvalue weighted by Crippen LogP contribution is -2.05. The van der Waals surface area contributed by atoms with Gasteiger partial charge in [0.15, 0.2) is 34.1 Å². The topological polar surface area (TPSA) is 72.3 Å². The van der Waals surface area contributed by atoms with Gasteiger partial charge in [0.25, 0.3) is 0 Å². The highest BCUT2D eigenvalue weighted by molar-refractivity contribution is 6.31. The van der Waals surface area contributed by atoms with Crippen molar-refractivity contribution >= 4 is 11.6 Å². The Morgan fingerprint density at radius 1 is 1.22 bits per heavy atom. The third-order valence-corrected chi connectivity index (χ3v) is 3.93. The lowest BCUT2D eigenvalue weighted by Gasteiger charge is -2.05. The molecule has 3 aromatic rings. The third-order valence-electron chi connectivity index (χ3n) is 3.66. The average molecular weight is 337 g/mol. The van der Waals surface area contributed by atoms with Crippen LogP contribution in [0.3, 0.4) is 0 Å². The number of rotatable bonds is 4. The van der Waals surface area contributed by atoms with Crippen molar-refractivity contribution < 1.29 is 8.78 Å². The standard InChI is InChI=1S/C14H11ClF2N6/c15-12-11(19-22-20-12)14-18-13(8-2-3-8)21-23(14)6-7-1-4-9(16)10(17)5-7/h1,4-5,8H,2-3,6H2,(H,19,20,22). The maximum Gasteiger partial charge on any atom is 0.182 e. The fourth-order valence-electron chi connectivity index (χ4n) is 2.33. The molecule has 0 radical (unpaired) electrons. The Labute approximate surface area is 134 Å². The maximum absolute atomic E-state index is 13.4. The van der Waals surface area contributed by atoms with Crippen LogP contribution in [0.1, 0.15) is 30.1 Å². The minimum atomic E-state index is -0.897. The van der Waals surface area contributed by atoms with Gasteiger partial charge in [0.05, 0.1) is 6.54 Å². The van der Waals surface area contributed by atoms with Crippen LogP contribution in [0.5, 0.6) is 0 Å². The molecule has 1 aliphatic rings. The first kappa shape index (κ1) is 14.3. The van der Waals surface area contributed by atoms with Gasteiger partial charge < -0.3 is 0 Å². The molecule has 0 spiro atoms. The molecule has 1 saturated carbocycles. The molecule has 6 nitrogen and oxygen atoms in total. The van der Waals surface area contributed by atoms with Gasteiger partial charge in [-0.15, -0.1) is 5.10 Å². The highest BCUT2D eigenvalue weighted by Gasteiger charge is 2.30. The predicted molar refractivity (Wildman–Crippen MR) is 77.8 cm³/mol. The first-order valence-electron chi connectivity index (χ1n) is 7.07. The van der Waals surface area contributed by atoms with E-state index in [4.69, 9.17) is 11.6 Å². The summed E-state index contributed by atoms with van der Waals surface area (Å²) in [7, 11) is 0. The molecule has 1 N–H and O–H groups in total. The van der Waals surface area contributed by atoms with Crippen LogP contribution in [-0.2, 0) is 6.54 Å². The van der Waals surface area contributed by atoms with E-state index in [1.54, 1.807) is 4.68 Å². The molecule has 1 aromatic carbocycles. The van der Waals surface area contributed by atoms with Gasteiger partial charge in [0.2, 0.25) is 0 Å². The summed E-state index contributed by atoms with van der Waals surface area (Å²) in [6.45, 7) is 0.232. The van der Waals surface area contributed by atoms with Crippen LogP contribution < -0.4 is 0 Å². The summed E-state index contributed by atoms with van der Waals surface area (Å²) in [5.74, 6) is -0.278. The number of nitrogens with one attached hydrogen (secondary N) is 1. The second-order valence-electron chi connectivity index (χ2n) is 5.44. The van der Waals surface area contributed by atoms with E-state index in [9.17, 15) is 8.78 Å². The Bertz CT molecular complexity index is 870. The summed E-state index contributed by atoms with van der Waals surface area (Å²) in [4.78, 5) is 4.49. The molecule has 23 heavy (non-hydrogen) atoms. The molecule has 2 aromatic heterocycles. The molecular weight excluding hydrogens is 326 g/mol. The Morgan fingerprint density at radius 2 is 2.04 bits per heavy atom. The summed E-state index contributed by atoms with van der Waals surface area (Å²) in [6.07, 6.45) is 2.09. The van der Waals surface area contributed by atoms with E-state index in [1.807, 2.05) is 0 Å². The number of halogens is 3. The quantitative estimate of drug-likeness (QED) is 0.795. The Balaban J connectivity index is 1.74. The van der Waals surface area contributed by atoms with E-state index in [0.29, 0.717) is 28.8 Å². The highest BCUT2D eigenvalue weighted by Crippen LogP contribution is 2.39. The SMILES string of the molecule is Fc1ccc(Cn2nc(C3CC3)nc2-c2n[nH]nc2Cl)cc1F. The van der Waals surface area contributed by atoms with Crippen LogP contribution >= 0.6 is 11.6 Å². The second kappa shape index (κ2) is 5.38. The smallest absolute Gasteiger partial charge is 0.182 e. The van der Waals surface area contributed by atoms with Gasteiger partial charge >= 0.3 is 0 Å². The number of aromatic nitrogens is 6. The summed E-state index contributed by atoms with van der Waals surface area (Å²) in [5.41, 5.74) is 0.950. The van der Waals surface area contributed by atoms with E-state index >= 15 is 0 Å². The monoisotopic (exact) mass is 336 g/mol.